The number of aryl methyl sites for hydroxylation is 1. The van der Waals surface area contributed by atoms with Crippen molar-refractivity contribution >= 4 is 38.1 Å². The number of amides is 1. The molecule has 10 heteroatoms. The minimum atomic E-state index is -3.71. The number of aromatic hydroxyl groups is 1. The number of nitrogens with zero attached hydrogens (tertiary/aromatic N) is 3. The Morgan fingerprint density at radius 2 is 1.84 bits per heavy atom. The van der Waals surface area contributed by atoms with E-state index < -0.39 is 15.9 Å². The first-order chi connectivity index (χ1) is 14.7. The average Bonchev–Trinajstić information content (AvgIpc) is 3.10. The number of phenols is 1. The highest BCUT2D eigenvalue weighted by atomic mass is 32.2. The van der Waals surface area contributed by atoms with Gasteiger partial charge in [-0.1, -0.05) is 12.1 Å². The van der Waals surface area contributed by atoms with Crippen molar-refractivity contribution in [2.24, 2.45) is 0 Å². The first-order valence-corrected chi connectivity index (χ1v) is 11.9. The third-order valence-corrected chi connectivity index (χ3v) is 5.93. The third kappa shape index (κ3) is 5.81. The van der Waals surface area contributed by atoms with Crippen LogP contribution in [-0.4, -0.2) is 37.2 Å². The molecular weight excluding hydrogens is 436 g/mol. The summed E-state index contributed by atoms with van der Waals surface area (Å²) in [5.41, 5.74) is 2.35. The van der Waals surface area contributed by atoms with Crippen LogP contribution in [0.1, 0.15) is 26.5 Å². The summed E-state index contributed by atoms with van der Waals surface area (Å²) in [6, 6.07) is 15.9. The Morgan fingerprint density at radius 1 is 1.19 bits per heavy atom. The molecule has 0 aliphatic rings. The van der Waals surface area contributed by atoms with Gasteiger partial charge in [0.2, 0.25) is 10.0 Å². The molecule has 160 valence electrons. The molecule has 0 aliphatic carbocycles. The average molecular weight is 457 g/mol. The Labute approximate surface area is 184 Å². The molecule has 31 heavy (non-hydrogen) atoms. The highest BCUT2D eigenvalue weighted by Crippen LogP contribution is 2.32. The van der Waals surface area contributed by atoms with Gasteiger partial charge < -0.3 is 10.0 Å². The molecule has 0 saturated heterocycles. The normalized spacial score (nSPS) is 11.0. The number of carbonyl (C=O) groups excluding carboxylic acids is 1. The number of carbonyl (C=O) groups is 1. The summed E-state index contributed by atoms with van der Waals surface area (Å²) in [5, 5.41) is 19.1. The van der Waals surface area contributed by atoms with Crippen LogP contribution in [-0.2, 0) is 16.4 Å². The number of nitrogens with one attached hydrogen (secondary N) is 1. The van der Waals surface area contributed by atoms with Crippen molar-refractivity contribution in [1.29, 1.82) is 5.26 Å². The SMILES string of the molecule is Cc1sc(N(CCc2ccc(O)cc2)c2ccc(C#N)cc2)nc1C(=O)NS(C)(=O)=O. The van der Waals surface area contributed by atoms with Gasteiger partial charge >= 0.3 is 0 Å². The summed E-state index contributed by atoms with van der Waals surface area (Å²) in [4.78, 5) is 19.2. The van der Waals surface area contributed by atoms with E-state index >= 15 is 0 Å². The number of thiazole rings is 1. The summed E-state index contributed by atoms with van der Waals surface area (Å²) in [7, 11) is -3.71. The van der Waals surface area contributed by atoms with Gasteiger partial charge in [0.25, 0.3) is 5.91 Å². The lowest BCUT2D eigenvalue weighted by Crippen LogP contribution is -2.30. The topological polar surface area (TPSA) is 123 Å². The fourth-order valence-corrected chi connectivity index (χ4v) is 4.27. The van der Waals surface area contributed by atoms with Crippen LogP contribution in [0.4, 0.5) is 10.8 Å². The zero-order valence-corrected chi connectivity index (χ0v) is 18.5. The number of sulfonamides is 1. The van der Waals surface area contributed by atoms with Gasteiger partial charge in [-0.2, -0.15) is 5.26 Å². The number of rotatable bonds is 7. The van der Waals surface area contributed by atoms with Crippen molar-refractivity contribution in [3.8, 4) is 11.8 Å². The molecular formula is C21H20N4O4S2. The Hall–Kier alpha value is -3.42. The molecule has 1 amide bonds. The van der Waals surface area contributed by atoms with Gasteiger partial charge in [0, 0.05) is 17.1 Å². The lowest BCUT2D eigenvalue weighted by Gasteiger charge is -2.22. The number of hydrogen-bond donors (Lipinski definition) is 2. The van der Waals surface area contributed by atoms with Crippen molar-refractivity contribution in [3.63, 3.8) is 0 Å². The lowest BCUT2D eigenvalue weighted by molar-refractivity contribution is 0.0977. The number of benzene rings is 2. The minimum Gasteiger partial charge on any atom is -0.508 e. The third-order valence-electron chi connectivity index (χ3n) is 4.38. The maximum absolute atomic E-state index is 12.3. The second kappa shape index (κ2) is 9.16. The number of anilines is 2. The van der Waals surface area contributed by atoms with Gasteiger partial charge in [0.1, 0.15) is 11.4 Å². The highest BCUT2D eigenvalue weighted by molar-refractivity contribution is 7.89. The van der Waals surface area contributed by atoms with Crippen LogP contribution in [0.15, 0.2) is 48.5 Å². The fraction of sp³-hybridized carbons (Fsp3) is 0.190. The molecule has 0 radical (unpaired) electrons. The molecule has 8 nitrogen and oxygen atoms in total. The summed E-state index contributed by atoms with van der Waals surface area (Å²) in [6.07, 6.45) is 1.54. The van der Waals surface area contributed by atoms with Crippen LogP contribution in [0.5, 0.6) is 5.75 Å². The van der Waals surface area contributed by atoms with Crippen molar-refractivity contribution in [3.05, 3.63) is 70.2 Å². The maximum atomic E-state index is 12.3. The largest absolute Gasteiger partial charge is 0.508 e. The summed E-state index contributed by atoms with van der Waals surface area (Å²) in [5.74, 6) is -0.592. The van der Waals surface area contributed by atoms with Crippen molar-refractivity contribution in [1.82, 2.24) is 9.71 Å². The van der Waals surface area contributed by atoms with Gasteiger partial charge in [-0.05, 0) is 55.3 Å². The van der Waals surface area contributed by atoms with Crippen LogP contribution >= 0.6 is 11.3 Å². The zero-order valence-electron chi connectivity index (χ0n) is 16.9. The Morgan fingerprint density at radius 3 is 2.42 bits per heavy atom. The van der Waals surface area contributed by atoms with E-state index in [2.05, 4.69) is 11.1 Å². The molecule has 3 aromatic rings. The Bertz CT molecular complexity index is 1230. The van der Waals surface area contributed by atoms with E-state index in [4.69, 9.17) is 5.26 Å². The van der Waals surface area contributed by atoms with Gasteiger partial charge in [0.15, 0.2) is 5.13 Å². The number of aromatic nitrogens is 1. The quantitative estimate of drug-likeness (QED) is 0.560. The minimum absolute atomic E-state index is 0.0497. The second-order valence-corrected chi connectivity index (χ2v) is 9.76. The standard InChI is InChI=1S/C21H20N4O4S2/c1-14-19(20(27)24-31(2,28)29)23-21(30-14)25(17-7-3-16(13-22)4-8-17)12-11-15-5-9-18(26)10-6-15/h3-10,26H,11-12H2,1-2H3,(H,24,27). The molecule has 0 unspecified atom stereocenters. The molecule has 3 rings (SSSR count). The molecule has 2 aromatic carbocycles. The first-order valence-electron chi connectivity index (χ1n) is 9.21. The molecule has 2 N–H and O–H groups in total. The van der Waals surface area contributed by atoms with Crippen molar-refractivity contribution in [2.45, 2.75) is 13.3 Å². The van der Waals surface area contributed by atoms with Gasteiger partial charge in [-0.3, -0.25) is 4.79 Å². The van der Waals surface area contributed by atoms with Gasteiger partial charge in [-0.25, -0.2) is 18.1 Å². The van der Waals surface area contributed by atoms with E-state index in [0.717, 1.165) is 17.5 Å². The van der Waals surface area contributed by atoms with Crippen molar-refractivity contribution < 1.29 is 18.3 Å². The van der Waals surface area contributed by atoms with E-state index in [1.807, 2.05) is 21.8 Å². The number of phenolic OH excluding ortho intramolecular Hbond substituents is 1. The van der Waals surface area contributed by atoms with E-state index in [9.17, 15) is 18.3 Å². The first kappa shape index (κ1) is 22.3. The van der Waals surface area contributed by atoms with Crippen LogP contribution in [0.25, 0.3) is 0 Å². The van der Waals surface area contributed by atoms with Crippen LogP contribution in [0, 0.1) is 18.3 Å². The molecule has 0 aliphatic heterocycles. The monoisotopic (exact) mass is 456 g/mol. The summed E-state index contributed by atoms with van der Waals surface area (Å²) < 4.78 is 24.8. The van der Waals surface area contributed by atoms with Gasteiger partial charge in [0.05, 0.1) is 17.9 Å². The van der Waals surface area contributed by atoms with E-state index in [1.165, 1.54) is 11.3 Å². The van der Waals surface area contributed by atoms with Crippen LogP contribution in [0.3, 0.4) is 0 Å². The fourth-order valence-electron chi connectivity index (χ4n) is 2.88. The van der Waals surface area contributed by atoms with E-state index in [-0.39, 0.29) is 11.4 Å². The second-order valence-electron chi connectivity index (χ2n) is 6.83. The number of nitriles is 1. The summed E-state index contributed by atoms with van der Waals surface area (Å²) in [6.45, 7) is 2.21. The van der Waals surface area contributed by atoms with Crippen molar-refractivity contribution in [2.75, 3.05) is 17.7 Å². The molecule has 1 aromatic heterocycles. The molecule has 1 heterocycles. The predicted octanol–water partition coefficient (Wildman–Crippen LogP) is 3.10. The predicted molar refractivity (Wildman–Crippen MR) is 119 cm³/mol. The smallest absolute Gasteiger partial charge is 0.284 e. The van der Waals surface area contributed by atoms with E-state index in [1.54, 1.807) is 43.3 Å². The summed E-state index contributed by atoms with van der Waals surface area (Å²) >= 11 is 1.27. The number of hydrogen-bond acceptors (Lipinski definition) is 8. The van der Waals surface area contributed by atoms with E-state index in [0.29, 0.717) is 28.5 Å². The highest BCUT2D eigenvalue weighted by Gasteiger charge is 2.22. The van der Waals surface area contributed by atoms with Crippen LogP contribution < -0.4 is 9.62 Å². The lowest BCUT2D eigenvalue weighted by atomic mass is 10.1. The Kier molecular flexibility index (Phi) is 6.58. The molecule has 0 atom stereocenters. The zero-order chi connectivity index (χ0) is 22.6. The van der Waals surface area contributed by atoms with Crippen LogP contribution in [0.2, 0.25) is 0 Å². The van der Waals surface area contributed by atoms with Gasteiger partial charge in [-0.15, -0.1) is 11.3 Å². The Balaban J connectivity index is 1.93. The molecule has 0 spiro atoms. The molecule has 0 bridgehead atoms. The molecule has 0 fully saturated rings. The molecule has 0 saturated carbocycles. The maximum Gasteiger partial charge on any atom is 0.284 e.